The highest BCUT2D eigenvalue weighted by Gasteiger charge is 2.34. The van der Waals surface area contributed by atoms with E-state index in [4.69, 9.17) is 0 Å². The third kappa shape index (κ3) is 3.02. The maximum absolute atomic E-state index is 12.5. The van der Waals surface area contributed by atoms with E-state index in [1.807, 2.05) is 0 Å². The molecule has 0 N–H and O–H groups in total. The van der Waals surface area contributed by atoms with Gasteiger partial charge in [-0.3, -0.25) is 0 Å². The summed E-state index contributed by atoms with van der Waals surface area (Å²) < 4.78 is 62.1. The Kier molecular flexibility index (Phi) is 4.49. The van der Waals surface area contributed by atoms with Gasteiger partial charge in [-0.1, -0.05) is 15.9 Å². The van der Waals surface area contributed by atoms with Crippen LogP contribution in [0.3, 0.4) is 0 Å². The van der Waals surface area contributed by atoms with E-state index in [0.29, 0.717) is 6.07 Å². The standard InChI is InChI=1S/C8H4BrF5IN/c9-2-4-6(15)3(7(10)11)1-5(16-4)8(12,13)14/h1,7H,2H2. The summed E-state index contributed by atoms with van der Waals surface area (Å²) >= 11 is 4.47. The van der Waals surface area contributed by atoms with Gasteiger partial charge in [-0.2, -0.15) is 13.2 Å². The first kappa shape index (κ1) is 14.1. The summed E-state index contributed by atoms with van der Waals surface area (Å²) in [5, 5.41) is -0.00505. The molecule has 0 aliphatic rings. The molecule has 1 aromatic rings. The predicted molar refractivity (Wildman–Crippen MR) is 59.5 cm³/mol. The van der Waals surface area contributed by atoms with Gasteiger partial charge in [-0.05, 0) is 28.7 Å². The highest BCUT2D eigenvalue weighted by atomic mass is 127. The van der Waals surface area contributed by atoms with Crippen LogP contribution >= 0.6 is 38.5 Å². The first-order valence-electron chi connectivity index (χ1n) is 3.88. The lowest BCUT2D eigenvalue weighted by Gasteiger charge is -2.12. The smallest absolute Gasteiger partial charge is 0.246 e. The molecule has 0 amide bonds. The van der Waals surface area contributed by atoms with Crippen molar-refractivity contribution in [2.24, 2.45) is 0 Å². The molecule has 0 aliphatic heterocycles. The lowest BCUT2D eigenvalue weighted by Crippen LogP contribution is -2.12. The molecule has 0 atom stereocenters. The average molecular weight is 416 g/mol. The number of pyridine rings is 1. The van der Waals surface area contributed by atoms with Crippen molar-refractivity contribution in [2.75, 3.05) is 0 Å². The summed E-state index contributed by atoms with van der Waals surface area (Å²) in [4.78, 5) is 3.29. The van der Waals surface area contributed by atoms with Gasteiger partial charge < -0.3 is 0 Å². The fraction of sp³-hybridized carbons (Fsp3) is 0.375. The lowest BCUT2D eigenvalue weighted by molar-refractivity contribution is -0.141. The van der Waals surface area contributed by atoms with Crippen LogP contribution in [-0.4, -0.2) is 4.98 Å². The number of rotatable bonds is 2. The van der Waals surface area contributed by atoms with Gasteiger partial charge in [0.2, 0.25) is 0 Å². The van der Waals surface area contributed by atoms with Crippen LogP contribution in [0, 0.1) is 3.57 Å². The number of halogens is 7. The van der Waals surface area contributed by atoms with Gasteiger partial charge in [0.25, 0.3) is 6.43 Å². The molecule has 0 unspecified atom stereocenters. The zero-order valence-electron chi connectivity index (χ0n) is 7.45. The van der Waals surface area contributed by atoms with Crippen LogP contribution in [0.4, 0.5) is 22.0 Å². The minimum atomic E-state index is -4.72. The molecule has 0 saturated heterocycles. The van der Waals surface area contributed by atoms with Gasteiger partial charge >= 0.3 is 6.18 Å². The molecule has 0 spiro atoms. The van der Waals surface area contributed by atoms with Crippen molar-refractivity contribution in [1.82, 2.24) is 4.98 Å². The summed E-state index contributed by atoms with van der Waals surface area (Å²) in [6.07, 6.45) is -7.67. The summed E-state index contributed by atoms with van der Waals surface area (Å²) in [5.41, 5.74) is -1.97. The molecule has 90 valence electrons. The van der Waals surface area contributed by atoms with Crippen LogP contribution in [-0.2, 0) is 11.5 Å². The number of nitrogens with zero attached hydrogens (tertiary/aromatic N) is 1. The molecular weight excluding hydrogens is 412 g/mol. The van der Waals surface area contributed by atoms with E-state index in [2.05, 4.69) is 20.9 Å². The van der Waals surface area contributed by atoms with Gasteiger partial charge in [0.1, 0.15) is 5.69 Å². The zero-order valence-corrected chi connectivity index (χ0v) is 11.2. The number of hydrogen-bond donors (Lipinski definition) is 0. The first-order valence-corrected chi connectivity index (χ1v) is 6.08. The maximum atomic E-state index is 12.5. The van der Waals surface area contributed by atoms with Gasteiger partial charge in [-0.25, -0.2) is 13.8 Å². The molecule has 0 aromatic carbocycles. The van der Waals surface area contributed by atoms with Crippen LogP contribution in [0.25, 0.3) is 0 Å². The lowest BCUT2D eigenvalue weighted by atomic mass is 10.2. The Balaban J connectivity index is 3.40. The molecule has 1 nitrogen and oxygen atoms in total. The Morgan fingerprint density at radius 2 is 1.94 bits per heavy atom. The van der Waals surface area contributed by atoms with E-state index in [1.165, 1.54) is 0 Å². The maximum Gasteiger partial charge on any atom is 0.433 e. The summed E-state index contributed by atoms with van der Waals surface area (Å²) in [7, 11) is 0. The summed E-state index contributed by atoms with van der Waals surface area (Å²) in [6.45, 7) is 0. The minimum absolute atomic E-state index is 0.00505. The molecule has 0 bridgehead atoms. The third-order valence-corrected chi connectivity index (χ3v) is 3.48. The Hall–Kier alpha value is 0.01000. The van der Waals surface area contributed by atoms with Crippen LogP contribution < -0.4 is 0 Å². The van der Waals surface area contributed by atoms with Crippen molar-refractivity contribution in [3.05, 3.63) is 26.6 Å². The van der Waals surface area contributed by atoms with E-state index in [9.17, 15) is 22.0 Å². The Morgan fingerprint density at radius 1 is 1.38 bits per heavy atom. The SMILES string of the molecule is FC(F)c1cc(C(F)(F)F)nc(CBr)c1I. The largest absolute Gasteiger partial charge is 0.433 e. The van der Waals surface area contributed by atoms with Crippen molar-refractivity contribution in [1.29, 1.82) is 0 Å². The summed E-state index contributed by atoms with van der Waals surface area (Å²) in [6, 6.07) is 0.387. The average Bonchev–Trinajstić information content (AvgIpc) is 2.15. The highest BCUT2D eigenvalue weighted by molar-refractivity contribution is 14.1. The first-order chi connectivity index (χ1) is 7.27. The second-order valence-corrected chi connectivity index (χ2v) is 4.43. The molecule has 16 heavy (non-hydrogen) atoms. The van der Waals surface area contributed by atoms with Crippen LogP contribution in [0.1, 0.15) is 23.4 Å². The van der Waals surface area contributed by atoms with Crippen LogP contribution in [0.2, 0.25) is 0 Å². The van der Waals surface area contributed by atoms with Crippen molar-refractivity contribution < 1.29 is 22.0 Å². The fourth-order valence-electron chi connectivity index (χ4n) is 0.997. The molecule has 0 radical (unpaired) electrons. The number of aromatic nitrogens is 1. The normalized spacial score (nSPS) is 12.2. The van der Waals surface area contributed by atoms with Gasteiger partial charge in [0.15, 0.2) is 0 Å². The molecule has 1 rings (SSSR count). The third-order valence-electron chi connectivity index (χ3n) is 1.71. The number of hydrogen-bond acceptors (Lipinski definition) is 1. The van der Waals surface area contributed by atoms with Gasteiger partial charge in [0, 0.05) is 14.5 Å². The van der Waals surface area contributed by atoms with Crippen molar-refractivity contribution in [3.63, 3.8) is 0 Å². The topological polar surface area (TPSA) is 12.9 Å². The number of alkyl halides is 6. The Bertz CT molecular complexity index is 393. The molecule has 1 aromatic heterocycles. The van der Waals surface area contributed by atoms with E-state index in [1.54, 1.807) is 22.6 Å². The predicted octanol–water partition coefficient (Wildman–Crippen LogP) is 4.54. The fourth-order valence-corrected chi connectivity index (χ4v) is 2.63. The summed E-state index contributed by atoms with van der Waals surface area (Å²) in [5.74, 6) is 0. The van der Waals surface area contributed by atoms with Gasteiger partial charge in [0.05, 0.1) is 5.69 Å². The van der Waals surface area contributed by atoms with E-state index in [-0.39, 0.29) is 14.6 Å². The second kappa shape index (κ2) is 5.11. The van der Waals surface area contributed by atoms with E-state index >= 15 is 0 Å². The highest BCUT2D eigenvalue weighted by Crippen LogP contribution is 2.34. The monoisotopic (exact) mass is 415 g/mol. The zero-order chi connectivity index (χ0) is 12.5. The van der Waals surface area contributed by atoms with Crippen LogP contribution in [0.5, 0.6) is 0 Å². The van der Waals surface area contributed by atoms with Crippen molar-refractivity contribution in [2.45, 2.75) is 17.9 Å². The second-order valence-electron chi connectivity index (χ2n) is 2.79. The minimum Gasteiger partial charge on any atom is -0.246 e. The molecule has 0 fully saturated rings. The Morgan fingerprint density at radius 3 is 2.31 bits per heavy atom. The molecule has 0 saturated carbocycles. The van der Waals surface area contributed by atoms with Crippen molar-refractivity contribution >= 4 is 38.5 Å². The Labute approximate surface area is 110 Å². The molecule has 0 aliphatic carbocycles. The molecular formula is C8H4BrF5IN. The van der Waals surface area contributed by atoms with Crippen LogP contribution in [0.15, 0.2) is 6.07 Å². The molecule has 1 heterocycles. The van der Waals surface area contributed by atoms with E-state index < -0.39 is 23.9 Å². The van der Waals surface area contributed by atoms with Gasteiger partial charge in [-0.15, -0.1) is 0 Å². The van der Waals surface area contributed by atoms with Crippen molar-refractivity contribution in [3.8, 4) is 0 Å². The molecule has 8 heteroatoms. The quantitative estimate of drug-likeness (QED) is 0.392. The van der Waals surface area contributed by atoms with E-state index in [0.717, 1.165) is 0 Å².